The number of unbranched alkanes of at least 4 members (excludes halogenated alkanes) is 34. The van der Waals surface area contributed by atoms with E-state index in [1.807, 2.05) is 0 Å². The minimum Gasteiger partial charge on any atom is -0.462 e. The lowest BCUT2D eigenvalue weighted by molar-refractivity contribution is -0.167. The molecule has 0 fully saturated rings. The first-order valence-corrected chi connectivity index (χ1v) is 34.9. The van der Waals surface area contributed by atoms with Crippen LogP contribution in [-0.4, -0.2) is 37.2 Å². The van der Waals surface area contributed by atoms with E-state index >= 15 is 0 Å². The van der Waals surface area contributed by atoms with Gasteiger partial charge >= 0.3 is 17.9 Å². The summed E-state index contributed by atoms with van der Waals surface area (Å²) in [5.74, 6) is -0.888. The van der Waals surface area contributed by atoms with Crippen LogP contribution < -0.4 is 0 Å². The highest BCUT2D eigenvalue weighted by Gasteiger charge is 2.19. The van der Waals surface area contributed by atoms with Crippen LogP contribution in [0.1, 0.15) is 335 Å². The van der Waals surface area contributed by atoms with E-state index in [4.69, 9.17) is 14.2 Å². The summed E-state index contributed by atoms with van der Waals surface area (Å²) >= 11 is 0. The summed E-state index contributed by atoms with van der Waals surface area (Å²) in [5.41, 5.74) is 0. The zero-order valence-electron chi connectivity index (χ0n) is 54.0. The normalized spacial score (nSPS) is 12.8. The number of rotatable bonds is 63. The van der Waals surface area contributed by atoms with Crippen molar-refractivity contribution in [2.75, 3.05) is 13.2 Å². The van der Waals surface area contributed by atoms with Gasteiger partial charge in [0.1, 0.15) is 13.2 Å². The maximum Gasteiger partial charge on any atom is 0.306 e. The molecule has 0 aromatic heterocycles. The van der Waals surface area contributed by atoms with E-state index in [0.29, 0.717) is 19.3 Å². The second-order valence-corrected chi connectivity index (χ2v) is 23.1. The van der Waals surface area contributed by atoms with Crippen LogP contribution in [0.2, 0.25) is 0 Å². The van der Waals surface area contributed by atoms with Crippen LogP contribution in [0.5, 0.6) is 0 Å². The lowest BCUT2D eigenvalue weighted by Crippen LogP contribution is -2.30. The molecule has 1 unspecified atom stereocenters. The van der Waals surface area contributed by atoms with Crippen molar-refractivity contribution in [3.05, 3.63) is 109 Å². The molecule has 0 aliphatic heterocycles. The Balaban J connectivity index is 4.37. The monoisotopic (exact) mass is 1140 g/mol. The van der Waals surface area contributed by atoms with Gasteiger partial charge in [0, 0.05) is 19.3 Å². The molecule has 1 atom stereocenters. The molecule has 82 heavy (non-hydrogen) atoms. The average molecular weight is 1140 g/mol. The number of hydrogen-bond donors (Lipinski definition) is 0. The highest BCUT2D eigenvalue weighted by molar-refractivity contribution is 5.71. The molecule has 0 saturated carbocycles. The zero-order chi connectivity index (χ0) is 59.2. The van der Waals surface area contributed by atoms with E-state index in [1.165, 1.54) is 173 Å². The van der Waals surface area contributed by atoms with Gasteiger partial charge in [-0.15, -0.1) is 0 Å². The third-order valence-corrected chi connectivity index (χ3v) is 15.0. The fourth-order valence-corrected chi connectivity index (χ4v) is 9.81. The zero-order valence-corrected chi connectivity index (χ0v) is 54.0. The van der Waals surface area contributed by atoms with Crippen LogP contribution in [0.4, 0.5) is 0 Å². The topological polar surface area (TPSA) is 78.9 Å². The summed E-state index contributed by atoms with van der Waals surface area (Å²) < 4.78 is 17.0. The smallest absolute Gasteiger partial charge is 0.306 e. The molecule has 0 spiro atoms. The van der Waals surface area contributed by atoms with E-state index < -0.39 is 6.10 Å². The van der Waals surface area contributed by atoms with Gasteiger partial charge in [0.05, 0.1) is 0 Å². The van der Waals surface area contributed by atoms with Gasteiger partial charge in [0.15, 0.2) is 6.10 Å². The largest absolute Gasteiger partial charge is 0.462 e. The molecule has 0 bridgehead atoms. The molecule has 6 heteroatoms. The molecule has 0 aromatic carbocycles. The summed E-state index contributed by atoms with van der Waals surface area (Å²) in [6.45, 7) is 6.54. The molecular formula is C76H130O6. The predicted molar refractivity (Wildman–Crippen MR) is 357 cm³/mol. The van der Waals surface area contributed by atoms with Crippen molar-refractivity contribution < 1.29 is 28.6 Å². The average Bonchev–Trinajstić information content (AvgIpc) is 3.47. The fourth-order valence-electron chi connectivity index (χ4n) is 9.81. The Morgan fingerprint density at radius 1 is 0.256 bits per heavy atom. The van der Waals surface area contributed by atoms with Crippen LogP contribution in [-0.2, 0) is 28.6 Å². The minimum absolute atomic E-state index is 0.0824. The highest BCUT2D eigenvalue weighted by atomic mass is 16.6. The van der Waals surface area contributed by atoms with Gasteiger partial charge < -0.3 is 14.2 Å². The molecule has 0 N–H and O–H groups in total. The van der Waals surface area contributed by atoms with Crippen molar-refractivity contribution in [1.29, 1.82) is 0 Å². The molecule has 0 radical (unpaired) electrons. The Hall–Kier alpha value is -3.93. The summed E-state index contributed by atoms with van der Waals surface area (Å²) in [5, 5.41) is 0. The molecule has 0 heterocycles. The number of esters is 3. The Bertz CT molecular complexity index is 1640. The molecule has 0 rings (SSSR count). The maximum atomic E-state index is 13.0. The molecule has 470 valence electrons. The Morgan fingerprint density at radius 3 is 0.744 bits per heavy atom. The van der Waals surface area contributed by atoms with Gasteiger partial charge in [-0.3, -0.25) is 14.4 Å². The second-order valence-electron chi connectivity index (χ2n) is 23.1. The first-order chi connectivity index (χ1) is 40.5. The number of ether oxygens (including phenoxy) is 3. The number of carbonyl (C=O) groups excluding carboxylic acids is 3. The SMILES string of the molecule is CC/C=C\C/C=C\C/C=C\C/C=C\C/C=C\C/C=C\CCCCCCCCC(=O)OCC(COC(=O)CCCCCCCCCCCCCCCC)OC(=O)CCCCCCCCCCCC/C=C\C/C=C\C/C=C\CCCCCCC. The van der Waals surface area contributed by atoms with Crippen LogP contribution in [0.3, 0.4) is 0 Å². The second kappa shape index (κ2) is 69.6. The maximum absolute atomic E-state index is 13.0. The van der Waals surface area contributed by atoms with E-state index in [-0.39, 0.29) is 31.1 Å². The minimum atomic E-state index is -0.789. The molecule has 0 amide bonds. The standard InChI is InChI=1S/C76H130O6/c1-4-7-10-13-16-19-22-25-28-30-32-34-36-38-40-42-44-46-48-51-54-57-60-63-66-69-75(78)81-72-73(71-80-74(77)68-65-62-59-56-53-50-27-24-21-18-15-12-9-6-3)82-76(79)70-67-64-61-58-55-52-49-47-45-43-41-39-37-35-33-31-29-26-23-20-17-14-11-8-5-2/h7,10,16,19,23,25-26,28,31-34,37-40,44,46,73H,4-6,8-9,11-15,17-18,20-22,24,27,29-30,35-36,41-43,45,47-72H2,1-3H3/b10-7-,19-16-,26-23-,28-25-,33-31-,34-32-,39-37-,40-38-,46-44-. The highest BCUT2D eigenvalue weighted by Crippen LogP contribution is 2.17. The van der Waals surface area contributed by atoms with Gasteiger partial charge in [-0.25, -0.2) is 0 Å². The number of hydrogen-bond acceptors (Lipinski definition) is 6. The van der Waals surface area contributed by atoms with Crippen LogP contribution in [0.15, 0.2) is 109 Å². The number of allylic oxidation sites excluding steroid dienone is 18. The first kappa shape index (κ1) is 78.1. The Kier molecular flexibility index (Phi) is 66.2. The van der Waals surface area contributed by atoms with Crippen molar-refractivity contribution in [3.63, 3.8) is 0 Å². The molecule has 0 aliphatic carbocycles. The van der Waals surface area contributed by atoms with Crippen molar-refractivity contribution in [2.45, 2.75) is 341 Å². The van der Waals surface area contributed by atoms with Gasteiger partial charge in [-0.05, 0) is 109 Å². The predicted octanol–water partition coefficient (Wildman–Crippen LogP) is 24.2. The van der Waals surface area contributed by atoms with Crippen molar-refractivity contribution in [1.82, 2.24) is 0 Å². The molecule has 0 aromatic rings. The lowest BCUT2D eigenvalue weighted by Gasteiger charge is -2.18. The Morgan fingerprint density at radius 2 is 0.476 bits per heavy atom. The summed E-state index contributed by atoms with van der Waals surface area (Å²) in [6, 6.07) is 0. The Labute approximate surface area is 508 Å². The first-order valence-electron chi connectivity index (χ1n) is 34.9. The summed E-state index contributed by atoms with van der Waals surface area (Å²) in [6.07, 6.45) is 95.3. The fraction of sp³-hybridized carbons (Fsp3) is 0.724. The van der Waals surface area contributed by atoms with Crippen LogP contribution in [0.25, 0.3) is 0 Å². The van der Waals surface area contributed by atoms with Gasteiger partial charge in [-0.1, -0.05) is 316 Å². The van der Waals surface area contributed by atoms with Gasteiger partial charge in [0.2, 0.25) is 0 Å². The van der Waals surface area contributed by atoms with Crippen LogP contribution >= 0.6 is 0 Å². The van der Waals surface area contributed by atoms with Crippen molar-refractivity contribution in [2.24, 2.45) is 0 Å². The number of carbonyl (C=O) groups is 3. The van der Waals surface area contributed by atoms with Crippen LogP contribution in [0, 0.1) is 0 Å². The van der Waals surface area contributed by atoms with Gasteiger partial charge in [0.25, 0.3) is 0 Å². The van der Waals surface area contributed by atoms with Crippen molar-refractivity contribution >= 4 is 17.9 Å². The molecule has 0 saturated heterocycles. The third-order valence-electron chi connectivity index (χ3n) is 15.0. The lowest BCUT2D eigenvalue weighted by atomic mass is 10.0. The van der Waals surface area contributed by atoms with Crippen molar-refractivity contribution in [3.8, 4) is 0 Å². The van der Waals surface area contributed by atoms with E-state index in [9.17, 15) is 14.4 Å². The molecular weight excluding hydrogens is 1010 g/mol. The molecule has 0 aliphatic rings. The summed E-state index contributed by atoms with van der Waals surface area (Å²) in [7, 11) is 0. The van der Waals surface area contributed by atoms with Gasteiger partial charge in [-0.2, -0.15) is 0 Å². The van der Waals surface area contributed by atoms with E-state index in [0.717, 1.165) is 122 Å². The van der Waals surface area contributed by atoms with E-state index in [1.54, 1.807) is 0 Å². The quantitative estimate of drug-likeness (QED) is 0.0261. The third kappa shape index (κ3) is 66.9. The molecule has 6 nitrogen and oxygen atoms in total. The van der Waals surface area contributed by atoms with E-state index in [2.05, 4.69) is 130 Å². The summed E-state index contributed by atoms with van der Waals surface area (Å²) in [4.78, 5) is 38.4.